The number of nitrogens with one attached hydrogen (secondary N) is 1. The van der Waals surface area contributed by atoms with E-state index in [0.29, 0.717) is 36.4 Å². The highest BCUT2D eigenvalue weighted by molar-refractivity contribution is 7.97. The van der Waals surface area contributed by atoms with Gasteiger partial charge in [0, 0.05) is 42.3 Å². The number of nitrogens with zero attached hydrogens (tertiary/aromatic N) is 1. The SMILES string of the molecule is COC(C)CN(CC(OO)C(Cc1ccccc1)c1cccc(C(=O)Nc2ccc(F)cc2N)c1)Sc1ccc(N)cc1.NC=O. The molecule has 0 bridgehead atoms. The van der Waals surface area contributed by atoms with E-state index in [4.69, 9.17) is 25.9 Å². The summed E-state index contributed by atoms with van der Waals surface area (Å²) in [6.07, 6.45) is 0.0399. The first-order chi connectivity index (χ1) is 22.2. The molecule has 4 aromatic carbocycles. The molecule has 3 atom stereocenters. The summed E-state index contributed by atoms with van der Waals surface area (Å²) >= 11 is 1.52. The highest BCUT2D eigenvalue weighted by atomic mass is 32.2. The lowest BCUT2D eigenvalue weighted by atomic mass is 9.86. The highest BCUT2D eigenvalue weighted by Crippen LogP contribution is 2.32. The number of hydrogen-bond donors (Lipinski definition) is 5. The molecule has 10 nitrogen and oxygen atoms in total. The molecule has 4 rings (SSSR count). The lowest BCUT2D eigenvalue weighted by Crippen LogP contribution is -2.38. The van der Waals surface area contributed by atoms with Gasteiger partial charge in [-0.15, -0.1) is 0 Å². The van der Waals surface area contributed by atoms with Crippen LogP contribution in [0.5, 0.6) is 0 Å². The number of carbonyl (C=O) groups excluding carboxylic acids is 2. The normalized spacial score (nSPS) is 12.8. The summed E-state index contributed by atoms with van der Waals surface area (Å²) < 4.78 is 21.2. The van der Waals surface area contributed by atoms with Gasteiger partial charge in [0.15, 0.2) is 0 Å². The zero-order valence-electron chi connectivity index (χ0n) is 25.7. The van der Waals surface area contributed by atoms with Gasteiger partial charge in [-0.3, -0.25) is 14.8 Å². The Bertz CT molecular complexity index is 1530. The molecule has 244 valence electrons. The number of anilines is 3. The van der Waals surface area contributed by atoms with E-state index < -0.39 is 17.8 Å². The third kappa shape index (κ3) is 11.2. The number of amides is 2. The Labute approximate surface area is 272 Å². The summed E-state index contributed by atoms with van der Waals surface area (Å²) in [4.78, 5) is 28.0. The lowest BCUT2D eigenvalue weighted by Gasteiger charge is -2.31. The number of rotatable bonds is 14. The summed E-state index contributed by atoms with van der Waals surface area (Å²) in [6.45, 7) is 2.88. The first kappa shape index (κ1) is 36.0. The summed E-state index contributed by atoms with van der Waals surface area (Å²) in [5, 5.41) is 13.1. The molecule has 0 aromatic heterocycles. The quantitative estimate of drug-likeness (QED) is 0.0386. The van der Waals surface area contributed by atoms with Gasteiger partial charge in [0.1, 0.15) is 11.9 Å². The minimum absolute atomic E-state index is 0.0841. The van der Waals surface area contributed by atoms with Crippen LogP contribution in [0, 0.1) is 5.82 Å². The van der Waals surface area contributed by atoms with Gasteiger partial charge in [-0.1, -0.05) is 42.5 Å². The zero-order valence-corrected chi connectivity index (χ0v) is 26.5. The standard InChI is InChI=1S/C33H37FN4O4S.CH3NO/c1-22(41-2)20-38(43-28-14-12-27(35)13-15-28)21-32(42-40)29(17-23-7-4-3-5-8-23)24-9-6-10-25(18-24)33(39)37-31-16-11-26(34)19-30(31)36;2-1-3/h3-16,18-19,22,29,32,40H,17,20-21,35-36H2,1-2H3,(H,37,39);1H,(H2,2,3). The van der Waals surface area contributed by atoms with Crippen molar-refractivity contribution in [2.75, 3.05) is 37.0 Å². The van der Waals surface area contributed by atoms with E-state index in [2.05, 4.69) is 15.4 Å². The number of carbonyl (C=O) groups is 2. The summed E-state index contributed by atoms with van der Waals surface area (Å²) in [6, 6.07) is 28.5. The number of benzene rings is 4. The summed E-state index contributed by atoms with van der Waals surface area (Å²) in [5.41, 5.74) is 19.3. The molecule has 0 fully saturated rings. The van der Waals surface area contributed by atoms with Crippen molar-refractivity contribution in [3.63, 3.8) is 0 Å². The van der Waals surface area contributed by atoms with Crippen LogP contribution in [0.3, 0.4) is 0 Å². The van der Waals surface area contributed by atoms with E-state index in [9.17, 15) is 14.4 Å². The van der Waals surface area contributed by atoms with Crippen molar-refractivity contribution >= 4 is 41.3 Å². The van der Waals surface area contributed by atoms with Crippen molar-refractivity contribution in [3.8, 4) is 0 Å². The molecule has 8 N–H and O–H groups in total. The van der Waals surface area contributed by atoms with Crippen LogP contribution in [0.1, 0.15) is 34.3 Å². The Morgan fingerprint density at radius 1 is 1.00 bits per heavy atom. The Balaban J connectivity index is 0.00000185. The summed E-state index contributed by atoms with van der Waals surface area (Å²) in [5.74, 6) is -1.21. The molecule has 46 heavy (non-hydrogen) atoms. The van der Waals surface area contributed by atoms with Crippen LogP contribution < -0.4 is 22.5 Å². The Kier molecular flexibility index (Phi) is 14.5. The molecular weight excluding hydrogens is 609 g/mol. The fraction of sp³-hybridized carbons (Fsp3) is 0.235. The average Bonchev–Trinajstić information content (AvgIpc) is 3.05. The predicted octanol–water partition coefficient (Wildman–Crippen LogP) is 5.57. The topological polar surface area (TPSA) is 166 Å². The van der Waals surface area contributed by atoms with E-state index in [1.54, 1.807) is 25.3 Å². The monoisotopic (exact) mass is 649 g/mol. The zero-order chi connectivity index (χ0) is 33.5. The highest BCUT2D eigenvalue weighted by Gasteiger charge is 2.29. The number of methoxy groups -OCH3 is 1. The maximum absolute atomic E-state index is 13.5. The minimum atomic E-state index is -0.670. The first-order valence-corrected chi connectivity index (χ1v) is 15.2. The van der Waals surface area contributed by atoms with Gasteiger partial charge < -0.3 is 27.3 Å². The fourth-order valence-electron chi connectivity index (χ4n) is 4.71. The third-order valence-corrected chi connectivity index (χ3v) is 8.12. The van der Waals surface area contributed by atoms with Crippen molar-refractivity contribution in [1.82, 2.24) is 4.31 Å². The second-order valence-electron chi connectivity index (χ2n) is 10.4. The molecule has 3 unspecified atom stereocenters. The second kappa shape index (κ2) is 18.5. The number of halogens is 1. The molecular formula is C34H40FN5O5S. The van der Waals surface area contributed by atoms with E-state index in [1.165, 1.54) is 24.1 Å². The predicted molar refractivity (Wildman–Crippen MR) is 181 cm³/mol. The molecule has 4 aromatic rings. The van der Waals surface area contributed by atoms with Gasteiger partial charge >= 0.3 is 0 Å². The second-order valence-corrected chi connectivity index (χ2v) is 11.6. The Hall–Kier alpha value is -4.46. The van der Waals surface area contributed by atoms with Crippen LogP contribution in [-0.2, 0) is 20.8 Å². The van der Waals surface area contributed by atoms with Gasteiger partial charge in [0.25, 0.3) is 5.91 Å². The molecule has 2 amide bonds. The molecule has 0 saturated carbocycles. The fourth-order valence-corrected chi connectivity index (χ4v) is 5.77. The minimum Gasteiger partial charge on any atom is -0.399 e. The van der Waals surface area contributed by atoms with Crippen LogP contribution in [0.15, 0.2) is 102 Å². The van der Waals surface area contributed by atoms with Gasteiger partial charge in [-0.05, 0) is 91.0 Å². The summed E-state index contributed by atoms with van der Waals surface area (Å²) in [7, 11) is 1.66. The van der Waals surface area contributed by atoms with E-state index >= 15 is 0 Å². The maximum atomic E-state index is 13.5. The Morgan fingerprint density at radius 2 is 1.70 bits per heavy atom. The van der Waals surface area contributed by atoms with E-state index in [-0.39, 0.29) is 24.1 Å². The molecule has 12 heteroatoms. The van der Waals surface area contributed by atoms with Crippen molar-refractivity contribution in [1.29, 1.82) is 0 Å². The number of ether oxygens (including phenoxy) is 1. The van der Waals surface area contributed by atoms with Gasteiger partial charge in [-0.25, -0.2) is 13.6 Å². The molecule has 0 saturated heterocycles. The van der Waals surface area contributed by atoms with Crippen LogP contribution in [0.25, 0.3) is 0 Å². The average molecular weight is 650 g/mol. The van der Waals surface area contributed by atoms with Crippen LogP contribution in [-0.4, -0.2) is 54.3 Å². The van der Waals surface area contributed by atoms with Gasteiger partial charge in [0.05, 0.1) is 17.5 Å². The molecule has 0 aliphatic rings. The maximum Gasteiger partial charge on any atom is 0.255 e. The molecule has 0 spiro atoms. The molecule has 0 radical (unpaired) electrons. The van der Waals surface area contributed by atoms with Crippen molar-refractivity contribution in [2.45, 2.75) is 36.4 Å². The van der Waals surface area contributed by atoms with Crippen molar-refractivity contribution < 1.29 is 28.9 Å². The first-order valence-electron chi connectivity index (χ1n) is 14.4. The number of nitrogen functional groups attached to an aromatic ring is 2. The van der Waals surface area contributed by atoms with E-state index in [0.717, 1.165) is 22.1 Å². The molecule has 0 aliphatic carbocycles. The number of nitrogens with two attached hydrogens (primary N) is 3. The lowest BCUT2D eigenvalue weighted by molar-refractivity contribution is -0.284. The van der Waals surface area contributed by atoms with Gasteiger partial charge in [-0.2, -0.15) is 0 Å². The third-order valence-electron chi connectivity index (χ3n) is 7.08. The van der Waals surface area contributed by atoms with Crippen molar-refractivity contribution in [3.05, 3.63) is 120 Å². The van der Waals surface area contributed by atoms with Crippen LogP contribution in [0.2, 0.25) is 0 Å². The van der Waals surface area contributed by atoms with Gasteiger partial charge in [0.2, 0.25) is 6.41 Å². The molecule has 0 heterocycles. The largest absolute Gasteiger partial charge is 0.399 e. The van der Waals surface area contributed by atoms with Crippen LogP contribution in [0.4, 0.5) is 21.5 Å². The number of primary amides is 1. The van der Waals surface area contributed by atoms with E-state index in [1.807, 2.05) is 67.6 Å². The smallest absolute Gasteiger partial charge is 0.255 e. The molecule has 0 aliphatic heterocycles. The number of hydrogen-bond acceptors (Lipinski definition) is 9. The Morgan fingerprint density at radius 3 is 2.33 bits per heavy atom. The van der Waals surface area contributed by atoms with Crippen LogP contribution >= 0.6 is 11.9 Å². The van der Waals surface area contributed by atoms with Crippen molar-refractivity contribution in [2.24, 2.45) is 5.73 Å².